The van der Waals surface area contributed by atoms with Crippen LogP contribution in [0.4, 0.5) is 5.69 Å². The second-order valence-electron chi connectivity index (χ2n) is 6.68. The van der Waals surface area contributed by atoms with Crippen molar-refractivity contribution >= 4 is 19.9 Å². The molecule has 1 N–H and O–H groups in total. The Balaban J connectivity index is 2.70. The first kappa shape index (κ1) is 16.8. The van der Waals surface area contributed by atoms with Crippen molar-refractivity contribution in [1.82, 2.24) is 0 Å². The van der Waals surface area contributed by atoms with Crippen molar-refractivity contribution in [2.45, 2.75) is 58.7 Å². The van der Waals surface area contributed by atoms with Gasteiger partial charge >= 0.3 is 0 Å². The van der Waals surface area contributed by atoms with Crippen molar-refractivity contribution in [3.05, 3.63) is 24.3 Å². The Hall–Kier alpha value is -1.29. The number of benzene rings is 1. The van der Waals surface area contributed by atoms with Gasteiger partial charge in [-0.05, 0) is 48.8 Å². The van der Waals surface area contributed by atoms with Crippen molar-refractivity contribution in [2.75, 3.05) is 5.32 Å². The molecule has 0 aromatic heterocycles. The van der Waals surface area contributed by atoms with Crippen LogP contribution in [0, 0.1) is 0 Å². The highest BCUT2D eigenvalue weighted by molar-refractivity contribution is 6.74. The van der Waals surface area contributed by atoms with Crippen molar-refractivity contribution in [2.24, 2.45) is 0 Å². The molecule has 0 unspecified atom stereocenters. The minimum Gasteiger partial charge on any atom is -0.544 e. The molecule has 0 spiro atoms. The molecule has 0 aliphatic rings. The topological polar surface area (TPSA) is 38.3 Å². The minimum absolute atomic E-state index is 0.0607. The van der Waals surface area contributed by atoms with Gasteiger partial charge in [-0.1, -0.05) is 27.7 Å². The Morgan fingerprint density at radius 2 is 1.75 bits per heavy atom. The Labute approximate surface area is 123 Å². The Bertz CT molecular complexity index is 447. The predicted octanol–water partition coefficient (Wildman–Crippen LogP) is 4.81. The molecule has 1 aromatic rings. The van der Waals surface area contributed by atoms with Gasteiger partial charge in [-0.15, -0.1) is 0 Å². The lowest BCUT2D eigenvalue weighted by atomic mass is 10.2. The third-order valence-corrected chi connectivity index (χ3v) is 8.15. The second-order valence-corrected chi connectivity index (χ2v) is 11.4. The quantitative estimate of drug-likeness (QED) is 0.791. The molecule has 0 saturated carbocycles. The number of carbonyl (C=O) groups is 1. The molecule has 1 rings (SSSR count). The monoisotopic (exact) mass is 293 g/mol. The molecule has 0 aliphatic heterocycles. The summed E-state index contributed by atoms with van der Waals surface area (Å²) in [5, 5.41) is 3.06. The smallest absolute Gasteiger partial charge is 0.250 e. The van der Waals surface area contributed by atoms with E-state index in [-0.39, 0.29) is 10.9 Å². The summed E-state index contributed by atoms with van der Waals surface area (Å²) in [5.74, 6) is 0.940. The highest BCUT2D eigenvalue weighted by Crippen LogP contribution is 2.37. The van der Waals surface area contributed by atoms with Gasteiger partial charge in [0.25, 0.3) is 0 Å². The van der Waals surface area contributed by atoms with E-state index in [4.69, 9.17) is 4.43 Å². The van der Waals surface area contributed by atoms with Crippen LogP contribution in [0.1, 0.15) is 40.5 Å². The van der Waals surface area contributed by atoms with Crippen LogP contribution >= 0.6 is 0 Å². The number of nitrogens with one attached hydrogen (secondary N) is 1. The molecule has 3 nitrogen and oxygen atoms in total. The molecule has 20 heavy (non-hydrogen) atoms. The van der Waals surface area contributed by atoms with E-state index in [2.05, 4.69) is 39.2 Å². The number of rotatable bonds is 5. The number of hydrogen-bond acceptors (Lipinski definition) is 2. The van der Waals surface area contributed by atoms with E-state index in [9.17, 15) is 4.79 Å². The Kier molecular flexibility index (Phi) is 5.40. The molecule has 0 saturated heterocycles. The van der Waals surface area contributed by atoms with Gasteiger partial charge in [-0.25, -0.2) is 0 Å². The summed E-state index contributed by atoms with van der Waals surface area (Å²) >= 11 is 0. The lowest BCUT2D eigenvalue weighted by Crippen LogP contribution is -2.43. The SMILES string of the molecule is CCCC(=O)Nc1ccc(O[Si](C)(C)C(C)(C)C)cc1. The van der Waals surface area contributed by atoms with Gasteiger partial charge in [-0.2, -0.15) is 0 Å². The number of carbonyl (C=O) groups excluding carboxylic acids is 1. The first-order valence-electron chi connectivity index (χ1n) is 7.24. The number of anilines is 1. The molecule has 0 heterocycles. The second kappa shape index (κ2) is 6.44. The van der Waals surface area contributed by atoms with Gasteiger partial charge in [0.1, 0.15) is 5.75 Å². The van der Waals surface area contributed by atoms with E-state index >= 15 is 0 Å². The fraction of sp³-hybridized carbons (Fsp3) is 0.562. The van der Waals surface area contributed by atoms with E-state index < -0.39 is 8.32 Å². The zero-order chi connectivity index (χ0) is 15.4. The van der Waals surface area contributed by atoms with Gasteiger partial charge in [0.15, 0.2) is 0 Å². The molecule has 0 atom stereocenters. The maximum absolute atomic E-state index is 11.5. The van der Waals surface area contributed by atoms with E-state index in [1.165, 1.54) is 0 Å². The molecular formula is C16H27NO2Si. The first-order valence-corrected chi connectivity index (χ1v) is 10.2. The summed E-state index contributed by atoms with van der Waals surface area (Å²) in [6.07, 6.45) is 1.42. The van der Waals surface area contributed by atoms with Crippen LogP contribution in [-0.2, 0) is 4.79 Å². The average Bonchev–Trinajstić information content (AvgIpc) is 2.30. The van der Waals surface area contributed by atoms with Crippen LogP contribution in [0.3, 0.4) is 0 Å². The van der Waals surface area contributed by atoms with E-state index in [0.717, 1.165) is 17.9 Å². The van der Waals surface area contributed by atoms with E-state index in [1.54, 1.807) is 0 Å². The highest BCUT2D eigenvalue weighted by atomic mass is 28.4. The van der Waals surface area contributed by atoms with Gasteiger partial charge in [0.05, 0.1) is 0 Å². The van der Waals surface area contributed by atoms with Crippen molar-refractivity contribution in [1.29, 1.82) is 0 Å². The first-order chi connectivity index (χ1) is 9.15. The van der Waals surface area contributed by atoms with Crippen LogP contribution in [0.5, 0.6) is 5.75 Å². The molecule has 0 fully saturated rings. The summed E-state index contributed by atoms with van der Waals surface area (Å²) < 4.78 is 6.20. The lowest BCUT2D eigenvalue weighted by Gasteiger charge is -2.36. The molecule has 0 bridgehead atoms. The predicted molar refractivity (Wildman–Crippen MR) is 87.8 cm³/mol. The molecule has 0 radical (unpaired) electrons. The van der Waals surface area contributed by atoms with Crippen molar-refractivity contribution in [3.8, 4) is 5.75 Å². The molecule has 112 valence electrons. The number of amides is 1. The van der Waals surface area contributed by atoms with E-state index in [0.29, 0.717) is 6.42 Å². The van der Waals surface area contributed by atoms with Crippen molar-refractivity contribution < 1.29 is 9.22 Å². The average molecular weight is 293 g/mol. The normalized spacial score (nSPS) is 12.1. The van der Waals surface area contributed by atoms with Gasteiger partial charge in [-0.3, -0.25) is 4.79 Å². The van der Waals surface area contributed by atoms with Gasteiger partial charge in [0, 0.05) is 12.1 Å². The molecule has 1 amide bonds. The van der Waals surface area contributed by atoms with Crippen LogP contribution in [0.2, 0.25) is 18.1 Å². The molecule has 1 aromatic carbocycles. The molecular weight excluding hydrogens is 266 g/mol. The summed E-state index contributed by atoms with van der Waals surface area (Å²) in [5.41, 5.74) is 0.825. The number of hydrogen-bond donors (Lipinski definition) is 1. The summed E-state index contributed by atoms with van der Waals surface area (Å²) in [6.45, 7) is 13.1. The zero-order valence-corrected chi connectivity index (χ0v) is 14.5. The van der Waals surface area contributed by atoms with Gasteiger partial charge < -0.3 is 9.74 Å². The maximum atomic E-state index is 11.5. The minimum atomic E-state index is -1.80. The maximum Gasteiger partial charge on any atom is 0.250 e. The zero-order valence-electron chi connectivity index (χ0n) is 13.5. The molecule has 0 aliphatic carbocycles. The Morgan fingerprint density at radius 1 is 1.20 bits per heavy atom. The Morgan fingerprint density at radius 3 is 2.20 bits per heavy atom. The summed E-state index contributed by atoms with van der Waals surface area (Å²) in [4.78, 5) is 11.5. The third kappa shape index (κ3) is 4.67. The molecule has 4 heteroatoms. The highest BCUT2D eigenvalue weighted by Gasteiger charge is 2.38. The van der Waals surface area contributed by atoms with Crippen LogP contribution < -0.4 is 9.74 Å². The standard InChI is InChI=1S/C16H27NO2Si/c1-7-8-15(18)17-13-9-11-14(12-10-13)19-20(5,6)16(2,3)4/h9-12H,7-8H2,1-6H3,(H,17,18). The lowest BCUT2D eigenvalue weighted by molar-refractivity contribution is -0.116. The summed E-state index contributed by atoms with van der Waals surface area (Å²) in [7, 11) is -1.80. The van der Waals surface area contributed by atoms with Crippen molar-refractivity contribution in [3.63, 3.8) is 0 Å². The van der Waals surface area contributed by atoms with Crippen LogP contribution in [0.15, 0.2) is 24.3 Å². The van der Waals surface area contributed by atoms with Gasteiger partial charge in [0.2, 0.25) is 14.2 Å². The fourth-order valence-electron chi connectivity index (χ4n) is 1.50. The third-order valence-electron chi connectivity index (χ3n) is 3.79. The summed E-state index contributed by atoms with van der Waals surface area (Å²) in [6, 6.07) is 7.66. The van der Waals surface area contributed by atoms with Crippen LogP contribution in [-0.4, -0.2) is 14.2 Å². The van der Waals surface area contributed by atoms with Crippen LogP contribution in [0.25, 0.3) is 0 Å². The fourth-order valence-corrected chi connectivity index (χ4v) is 2.54. The van der Waals surface area contributed by atoms with E-state index in [1.807, 2.05) is 31.2 Å². The largest absolute Gasteiger partial charge is 0.544 e.